The van der Waals surface area contributed by atoms with E-state index in [2.05, 4.69) is 84.1 Å². The minimum Gasteiger partial charge on any atom is -0.353 e. The summed E-state index contributed by atoms with van der Waals surface area (Å²) < 4.78 is 13.9. The second-order valence-electron chi connectivity index (χ2n) is 9.97. The van der Waals surface area contributed by atoms with Crippen molar-refractivity contribution in [2.24, 2.45) is 0 Å². The number of H-pyrrole nitrogens is 2. The van der Waals surface area contributed by atoms with Crippen LogP contribution < -0.4 is 0 Å². The molecule has 0 saturated carbocycles. The highest BCUT2D eigenvalue weighted by atomic mass is 19.1. The third-order valence-corrected chi connectivity index (χ3v) is 6.32. The maximum Gasteiger partial charge on any atom is 0.123 e. The molecule has 0 spiro atoms. The van der Waals surface area contributed by atoms with Crippen molar-refractivity contribution in [3.8, 4) is 22.5 Å². The Balaban J connectivity index is 1.61. The maximum absolute atomic E-state index is 13.9. The van der Waals surface area contributed by atoms with Crippen molar-refractivity contribution in [2.75, 3.05) is 20.6 Å². The molecule has 5 aromatic rings. The number of aromatic amines is 2. The highest BCUT2D eigenvalue weighted by molar-refractivity contribution is 6.01. The Morgan fingerprint density at radius 2 is 1.76 bits per heavy atom. The van der Waals surface area contributed by atoms with Crippen LogP contribution in [0.15, 0.2) is 96.6 Å². The molecule has 2 heterocycles. The topological polar surface area (TPSA) is 47.7 Å². The molecule has 0 amide bonds. The molecule has 0 bridgehead atoms. The first-order valence-electron chi connectivity index (χ1n) is 12.3. The maximum atomic E-state index is 13.9. The molecular weight excluding hydrogens is 459 g/mol. The third kappa shape index (κ3) is 5.18. The standard InChI is InChI=1S/C32H31FN4/c1-20(2)14-24(15-21(3)19-37(4)5)22-12-13-30-28(17-22)32(36-35-30)31-18-27-26(10-7-11-29(27)34-31)23-8-6-9-25(33)16-23/h6-18,34H,1,19H2,2-5H3,(H,35,36)/b21-15+,24-14+. The van der Waals surface area contributed by atoms with Gasteiger partial charge in [0.2, 0.25) is 0 Å². The normalized spacial score (nSPS) is 12.7. The fraction of sp³-hybridized carbons (Fsp3) is 0.156. The lowest BCUT2D eigenvalue weighted by Crippen LogP contribution is -2.13. The molecule has 0 aliphatic carbocycles. The van der Waals surface area contributed by atoms with Crippen LogP contribution >= 0.6 is 0 Å². The second-order valence-corrected chi connectivity index (χ2v) is 9.97. The van der Waals surface area contributed by atoms with Gasteiger partial charge in [-0.25, -0.2) is 4.39 Å². The van der Waals surface area contributed by atoms with Gasteiger partial charge in [0.05, 0.1) is 11.2 Å². The molecule has 5 rings (SSSR count). The van der Waals surface area contributed by atoms with E-state index in [0.29, 0.717) is 0 Å². The predicted molar refractivity (Wildman–Crippen MR) is 154 cm³/mol. The highest BCUT2D eigenvalue weighted by Gasteiger charge is 2.15. The number of nitrogens with one attached hydrogen (secondary N) is 2. The largest absolute Gasteiger partial charge is 0.353 e. The minimum atomic E-state index is -0.246. The van der Waals surface area contributed by atoms with E-state index in [-0.39, 0.29) is 5.82 Å². The van der Waals surface area contributed by atoms with Crippen molar-refractivity contribution in [1.29, 1.82) is 0 Å². The average Bonchev–Trinajstić information content (AvgIpc) is 3.46. The number of hydrogen-bond donors (Lipinski definition) is 2. The molecule has 5 heteroatoms. The van der Waals surface area contributed by atoms with Crippen LogP contribution in [0, 0.1) is 5.82 Å². The number of benzene rings is 3. The SMILES string of the molecule is C=C(C)/C=C(\C=C(/C)CN(C)C)c1ccc2[nH]nc(-c3cc4c(-c5cccc(F)c5)cccc4[nH]3)c2c1. The summed E-state index contributed by atoms with van der Waals surface area (Å²) in [5, 5.41) is 9.90. The van der Waals surface area contributed by atoms with Crippen LogP contribution in [-0.2, 0) is 0 Å². The lowest BCUT2D eigenvalue weighted by atomic mass is 9.98. The molecule has 0 fully saturated rings. The van der Waals surface area contributed by atoms with E-state index in [0.717, 1.165) is 67.6 Å². The summed E-state index contributed by atoms with van der Waals surface area (Å²) in [5.74, 6) is -0.246. The first-order chi connectivity index (χ1) is 17.8. The number of rotatable bonds is 7. The quantitative estimate of drug-likeness (QED) is 0.227. The van der Waals surface area contributed by atoms with E-state index in [1.54, 1.807) is 12.1 Å². The summed E-state index contributed by atoms with van der Waals surface area (Å²) in [6.07, 6.45) is 4.35. The van der Waals surface area contributed by atoms with Gasteiger partial charge in [-0.05, 0) is 86.6 Å². The Labute approximate surface area is 216 Å². The van der Waals surface area contributed by atoms with Crippen molar-refractivity contribution < 1.29 is 4.39 Å². The van der Waals surface area contributed by atoms with E-state index in [1.165, 1.54) is 11.6 Å². The van der Waals surface area contributed by atoms with Crippen molar-refractivity contribution >= 4 is 27.4 Å². The Morgan fingerprint density at radius 1 is 0.946 bits per heavy atom. The van der Waals surface area contributed by atoms with E-state index in [1.807, 2.05) is 31.2 Å². The summed E-state index contributed by atoms with van der Waals surface area (Å²) in [4.78, 5) is 5.69. The molecule has 0 atom stereocenters. The van der Waals surface area contributed by atoms with Gasteiger partial charge in [0, 0.05) is 22.8 Å². The number of fused-ring (bicyclic) bond motifs is 2. The lowest BCUT2D eigenvalue weighted by Gasteiger charge is -2.11. The molecule has 37 heavy (non-hydrogen) atoms. The Kier molecular flexibility index (Phi) is 6.64. The first kappa shape index (κ1) is 24.5. The number of hydrogen-bond acceptors (Lipinski definition) is 2. The summed E-state index contributed by atoms with van der Waals surface area (Å²) in [7, 11) is 4.15. The molecule has 4 nitrogen and oxygen atoms in total. The first-order valence-corrected chi connectivity index (χ1v) is 12.3. The Bertz CT molecular complexity index is 1680. The lowest BCUT2D eigenvalue weighted by molar-refractivity contribution is 0.445. The number of allylic oxidation sites excluding steroid dienone is 4. The van der Waals surface area contributed by atoms with Gasteiger partial charge in [-0.15, -0.1) is 0 Å². The monoisotopic (exact) mass is 490 g/mol. The highest BCUT2D eigenvalue weighted by Crippen LogP contribution is 2.35. The van der Waals surface area contributed by atoms with Gasteiger partial charge in [-0.3, -0.25) is 5.10 Å². The third-order valence-electron chi connectivity index (χ3n) is 6.32. The zero-order valence-electron chi connectivity index (χ0n) is 21.7. The summed E-state index contributed by atoms with van der Waals surface area (Å²) >= 11 is 0. The molecule has 3 aromatic carbocycles. The second kappa shape index (κ2) is 10.0. The summed E-state index contributed by atoms with van der Waals surface area (Å²) in [6.45, 7) is 9.15. The van der Waals surface area contributed by atoms with Crippen molar-refractivity contribution in [1.82, 2.24) is 20.1 Å². The van der Waals surface area contributed by atoms with Crippen LogP contribution in [0.4, 0.5) is 4.39 Å². The summed E-state index contributed by atoms with van der Waals surface area (Å²) in [5.41, 5.74) is 10.0. The van der Waals surface area contributed by atoms with Gasteiger partial charge in [-0.1, -0.05) is 60.2 Å². The number of aromatic nitrogens is 3. The van der Waals surface area contributed by atoms with Gasteiger partial charge >= 0.3 is 0 Å². The van der Waals surface area contributed by atoms with E-state index < -0.39 is 0 Å². The fourth-order valence-corrected chi connectivity index (χ4v) is 4.87. The predicted octanol–water partition coefficient (Wildman–Crippen LogP) is 7.98. The smallest absolute Gasteiger partial charge is 0.123 e. The molecule has 186 valence electrons. The van der Waals surface area contributed by atoms with Gasteiger partial charge < -0.3 is 9.88 Å². The van der Waals surface area contributed by atoms with Crippen LogP contribution in [0.1, 0.15) is 19.4 Å². The fourth-order valence-electron chi connectivity index (χ4n) is 4.87. The molecular formula is C32H31FN4. The van der Waals surface area contributed by atoms with Gasteiger partial charge in [0.1, 0.15) is 11.5 Å². The van der Waals surface area contributed by atoms with Crippen LogP contribution in [0.5, 0.6) is 0 Å². The zero-order valence-corrected chi connectivity index (χ0v) is 21.7. The Morgan fingerprint density at radius 3 is 2.51 bits per heavy atom. The van der Waals surface area contributed by atoms with Crippen molar-refractivity contribution in [3.05, 3.63) is 108 Å². The van der Waals surface area contributed by atoms with Crippen molar-refractivity contribution in [2.45, 2.75) is 13.8 Å². The summed E-state index contributed by atoms with van der Waals surface area (Å²) in [6, 6.07) is 21.2. The molecule has 0 aliphatic heterocycles. The molecule has 2 N–H and O–H groups in total. The molecule has 0 aliphatic rings. The van der Waals surface area contributed by atoms with E-state index >= 15 is 0 Å². The van der Waals surface area contributed by atoms with Crippen LogP contribution in [0.3, 0.4) is 0 Å². The van der Waals surface area contributed by atoms with Crippen LogP contribution in [0.2, 0.25) is 0 Å². The Hall–Kier alpha value is -4.22. The van der Waals surface area contributed by atoms with Gasteiger partial charge in [0.15, 0.2) is 0 Å². The molecule has 0 unspecified atom stereocenters. The molecule has 2 aromatic heterocycles. The van der Waals surface area contributed by atoms with E-state index in [4.69, 9.17) is 0 Å². The van der Waals surface area contributed by atoms with Crippen molar-refractivity contribution in [3.63, 3.8) is 0 Å². The van der Waals surface area contributed by atoms with Crippen LogP contribution in [-0.4, -0.2) is 40.7 Å². The van der Waals surface area contributed by atoms with E-state index in [9.17, 15) is 4.39 Å². The zero-order chi connectivity index (χ0) is 26.1. The number of halogens is 1. The van der Waals surface area contributed by atoms with Gasteiger partial charge in [-0.2, -0.15) is 5.10 Å². The minimum absolute atomic E-state index is 0.246. The number of likely N-dealkylation sites (N-methyl/N-ethyl adjacent to an activating group) is 1. The molecule has 0 saturated heterocycles. The average molecular weight is 491 g/mol. The molecule has 0 radical (unpaired) electrons. The number of nitrogens with zero attached hydrogens (tertiary/aromatic N) is 2. The van der Waals surface area contributed by atoms with Gasteiger partial charge in [0.25, 0.3) is 0 Å². The van der Waals surface area contributed by atoms with Crippen LogP contribution in [0.25, 0.3) is 49.9 Å².